The van der Waals surface area contributed by atoms with Crippen molar-refractivity contribution >= 4 is 10.5 Å². The van der Waals surface area contributed by atoms with Crippen molar-refractivity contribution in [1.82, 2.24) is 0 Å². The minimum atomic E-state index is -0.312. The number of benzene rings is 1. The third-order valence-electron chi connectivity index (χ3n) is 1.25. The van der Waals surface area contributed by atoms with Crippen molar-refractivity contribution in [2.75, 3.05) is 0 Å². The zero-order valence-electron chi connectivity index (χ0n) is 6.61. The second kappa shape index (κ2) is 4.20. The van der Waals surface area contributed by atoms with Crippen molar-refractivity contribution in [2.45, 2.75) is 6.92 Å². The number of rotatable bonds is 2. The fraction of sp³-hybridized carbons (Fsp3) is 0.111. The van der Waals surface area contributed by atoms with Crippen LogP contribution in [0.3, 0.4) is 0 Å². The van der Waals surface area contributed by atoms with Gasteiger partial charge in [0.25, 0.3) is 0 Å². The molecule has 12 heavy (non-hydrogen) atoms. The van der Waals surface area contributed by atoms with Crippen LogP contribution in [0.2, 0.25) is 0 Å². The molecule has 0 unspecified atom stereocenters. The molecule has 0 bridgehead atoms. The third-order valence-corrected chi connectivity index (χ3v) is 1.74. The summed E-state index contributed by atoms with van der Waals surface area (Å²) in [6, 6.07) is 9.42. The molecule has 0 saturated heterocycles. The van der Waals surface area contributed by atoms with E-state index in [1.165, 1.54) is 6.92 Å². The summed E-state index contributed by atoms with van der Waals surface area (Å²) >= 11 is 2.70. The Labute approximate surface area is 79.1 Å². The normalized spacial score (nSPS) is 9.08. The van der Waals surface area contributed by atoms with E-state index in [0.29, 0.717) is 4.57 Å². The molecular formula is C9H8CrO2. The molecule has 62 valence electrons. The van der Waals surface area contributed by atoms with Gasteiger partial charge in [0, 0.05) is 0 Å². The Bertz CT molecular complexity index is 293. The summed E-state index contributed by atoms with van der Waals surface area (Å²) in [7, 11) is 0. The summed E-state index contributed by atoms with van der Waals surface area (Å²) in [5, 5.41) is 0. The summed E-state index contributed by atoms with van der Waals surface area (Å²) < 4.78 is 5.38. The first-order valence-electron chi connectivity index (χ1n) is 3.48. The Morgan fingerprint density at radius 3 is 2.42 bits per heavy atom. The number of ether oxygens (including phenoxy) is 1. The molecule has 0 heterocycles. The van der Waals surface area contributed by atoms with Gasteiger partial charge in [0.2, 0.25) is 0 Å². The van der Waals surface area contributed by atoms with Crippen molar-refractivity contribution in [2.24, 2.45) is 0 Å². The molecule has 1 rings (SSSR count). The fourth-order valence-corrected chi connectivity index (χ4v) is 1.16. The Hall–Kier alpha value is -0.908. The van der Waals surface area contributed by atoms with E-state index in [-0.39, 0.29) is 5.97 Å². The molecule has 2 nitrogen and oxygen atoms in total. The molecule has 0 aliphatic heterocycles. The summed E-state index contributed by atoms with van der Waals surface area (Å²) in [6.45, 7) is 1.38. The number of hydrogen-bond donors (Lipinski definition) is 0. The summed E-state index contributed by atoms with van der Waals surface area (Å²) in [4.78, 5) is 10.6. The van der Waals surface area contributed by atoms with Gasteiger partial charge in [0.1, 0.15) is 0 Å². The maximum atomic E-state index is 10.6. The molecule has 0 aromatic heterocycles. The Balaban J connectivity index is 2.73. The van der Waals surface area contributed by atoms with E-state index < -0.39 is 0 Å². The van der Waals surface area contributed by atoms with Gasteiger partial charge < -0.3 is 0 Å². The Morgan fingerprint density at radius 2 is 1.92 bits per heavy atom. The zero-order chi connectivity index (χ0) is 8.97. The Kier molecular flexibility index (Phi) is 3.21. The molecule has 0 aliphatic carbocycles. The molecular weight excluding hydrogens is 192 g/mol. The van der Waals surface area contributed by atoms with Crippen LogP contribution in [0.25, 0.3) is 0 Å². The maximum absolute atomic E-state index is 10.6. The van der Waals surface area contributed by atoms with Gasteiger partial charge in [-0.15, -0.1) is 0 Å². The van der Waals surface area contributed by atoms with E-state index in [2.05, 4.69) is 15.9 Å². The minimum absolute atomic E-state index is 0.312. The SMILES string of the molecule is CC(=O)O[C](=[Cr])c1ccccc1. The number of hydrogen-bond acceptors (Lipinski definition) is 2. The molecule has 0 saturated carbocycles. The van der Waals surface area contributed by atoms with Crippen LogP contribution in [0.15, 0.2) is 30.3 Å². The van der Waals surface area contributed by atoms with Gasteiger partial charge in [0.15, 0.2) is 0 Å². The van der Waals surface area contributed by atoms with Crippen LogP contribution in [-0.2, 0) is 25.4 Å². The molecule has 0 amide bonds. The van der Waals surface area contributed by atoms with Crippen LogP contribution in [0, 0.1) is 0 Å². The second-order valence-electron chi connectivity index (χ2n) is 2.25. The summed E-state index contributed by atoms with van der Waals surface area (Å²) in [5.41, 5.74) is 0.882. The van der Waals surface area contributed by atoms with Crippen LogP contribution in [0.4, 0.5) is 0 Å². The topological polar surface area (TPSA) is 26.3 Å². The number of esters is 1. The van der Waals surface area contributed by atoms with Crippen molar-refractivity contribution in [3.05, 3.63) is 35.9 Å². The molecule has 1 aromatic carbocycles. The molecule has 0 spiro atoms. The van der Waals surface area contributed by atoms with Crippen molar-refractivity contribution < 1.29 is 25.4 Å². The van der Waals surface area contributed by atoms with Gasteiger partial charge in [-0.25, -0.2) is 0 Å². The molecule has 1 aromatic rings. The molecule has 0 N–H and O–H groups in total. The molecule has 0 radical (unpaired) electrons. The van der Waals surface area contributed by atoms with Crippen LogP contribution < -0.4 is 0 Å². The molecule has 0 aliphatic rings. The second-order valence-corrected chi connectivity index (χ2v) is 2.83. The Morgan fingerprint density at radius 1 is 1.33 bits per heavy atom. The van der Waals surface area contributed by atoms with Crippen molar-refractivity contribution in [3.8, 4) is 0 Å². The van der Waals surface area contributed by atoms with Gasteiger partial charge >= 0.3 is 78.7 Å². The fourth-order valence-electron chi connectivity index (χ4n) is 0.764. The van der Waals surface area contributed by atoms with Gasteiger partial charge in [-0.05, 0) is 0 Å². The number of carbonyl (C=O) groups excluding carboxylic acids is 1. The van der Waals surface area contributed by atoms with Crippen LogP contribution >= 0.6 is 0 Å². The van der Waals surface area contributed by atoms with E-state index in [4.69, 9.17) is 4.74 Å². The van der Waals surface area contributed by atoms with E-state index in [0.717, 1.165) is 5.56 Å². The van der Waals surface area contributed by atoms with Crippen LogP contribution in [-0.4, -0.2) is 10.5 Å². The first kappa shape index (κ1) is 9.18. The predicted molar refractivity (Wildman–Crippen MR) is 42.3 cm³/mol. The summed E-state index contributed by atoms with van der Waals surface area (Å²) in [5.74, 6) is -0.312. The third kappa shape index (κ3) is 2.61. The average Bonchev–Trinajstić information content (AvgIpc) is 2.05. The average molecular weight is 200 g/mol. The number of carbonyl (C=O) groups is 1. The summed E-state index contributed by atoms with van der Waals surface area (Å²) in [6.07, 6.45) is 0. The standard InChI is InChI=1S/C9H8O2.Cr/c1-8(10)11-7-9-5-3-2-4-6-9;/h2-6H,1H3;. The molecule has 0 atom stereocenters. The van der Waals surface area contributed by atoms with Crippen LogP contribution in [0.5, 0.6) is 0 Å². The van der Waals surface area contributed by atoms with Crippen molar-refractivity contribution in [1.29, 1.82) is 0 Å². The van der Waals surface area contributed by atoms with Gasteiger partial charge in [-0.2, -0.15) is 0 Å². The van der Waals surface area contributed by atoms with E-state index in [1.54, 1.807) is 0 Å². The monoisotopic (exact) mass is 200 g/mol. The first-order valence-corrected chi connectivity index (χ1v) is 4.11. The zero-order valence-corrected chi connectivity index (χ0v) is 7.89. The molecule has 3 heteroatoms. The predicted octanol–water partition coefficient (Wildman–Crippen LogP) is 1.27. The van der Waals surface area contributed by atoms with Crippen molar-refractivity contribution in [3.63, 3.8) is 0 Å². The first-order chi connectivity index (χ1) is 5.70. The van der Waals surface area contributed by atoms with Gasteiger partial charge in [0.05, 0.1) is 0 Å². The molecule has 0 fully saturated rings. The van der Waals surface area contributed by atoms with Crippen LogP contribution in [0.1, 0.15) is 12.5 Å². The van der Waals surface area contributed by atoms with E-state index in [9.17, 15) is 4.79 Å². The van der Waals surface area contributed by atoms with Gasteiger partial charge in [-0.3, -0.25) is 0 Å². The van der Waals surface area contributed by atoms with E-state index >= 15 is 0 Å². The van der Waals surface area contributed by atoms with Gasteiger partial charge in [-0.1, -0.05) is 0 Å². The van der Waals surface area contributed by atoms with E-state index in [1.807, 2.05) is 30.3 Å². The quantitative estimate of drug-likeness (QED) is 0.672.